The summed E-state index contributed by atoms with van der Waals surface area (Å²) < 4.78 is 26.7. The number of carbonyl (C=O) groups is 1. The molecule has 0 aliphatic heterocycles. The van der Waals surface area contributed by atoms with Crippen molar-refractivity contribution >= 4 is 54.0 Å². The molecule has 32 heavy (non-hydrogen) atoms. The van der Waals surface area contributed by atoms with Crippen molar-refractivity contribution < 1.29 is 13.2 Å². The molecule has 0 radical (unpaired) electrons. The van der Waals surface area contributed by atoms with Crippen molar-refractivity contribution in [2.24, 2.45) is 0 Å². The first kappa shape index (κ1) is 22.4. The third kappa shape index (κ3) is 4.69. The molecule has 0 N–H and O–H groups in total. The standard InChI is InChI=1S/C22H21ClN4O3S2/c1-15-7-8-18(23)20-19(15)25-22(31-20)27(11-4-10-26-12-9-24-14-26)21(28)16-5-3-6-17(13-16)32(2,29)30/h3,5-9,12-14H,4,10-11H2,1-2H3. The fraction of sp³-hybridized carbons (Fsp3) is 0.227. The molecule has 4 aromatic rings. The average molecular weight is 489 g/mol. The molecule has 0 bridgehead atoms. The molecule has 2 heterocycles. The number of hydrogen-bond acceptors (Lipinski definition) is 6. The third-order valence-corrected chi connectivity index (χ3v) is 7.68. The number of fused-ring (bicyclic) bond motifs is 1. The lowest BCUT2D eigenvalue weighted by molar-refractivity contribution is 0.0986. The van der Waals surface area contributed by atoms with E-state index >= 15 is 0 Å². The Morgan fingerprint density at radius 2 is 2.06 bits per heavy atom. The summed E-state index contributed by atoms with van der Waals surface area (Å²) in [6.45, 7) is 3.03. The maximum atomic E-state index is 13.5. The molecule has 4 rings (SSSR count). The SMILES string of the molecule is Cc1ccc(Cl)c2sc(N(CCCn3ccnc3)C(=O)c3cccc(S(C)(=O)=O)c3)nc12. The Labute approximate surface area is 195 Å². The zero-order valence-corrected chi connectivity index (χ0v) is 19.9. The number of sulfone groups is 1. The molecule has 0 atom stereocenters. The lowest BCUT2D eigenvalue weighted by Crippen LogP contribution is -2.32. The molecular formula is C22H21ClN4O3S2. The van der Waals surface area contributed by atoms with Crippen LogP contribution in [-0.4, -0.2) is 41.7 Å². The Hall–Kier alpha value is -2.75. The van der Waals surface area contributed by atoms with E-state index in [4.69, 9.17) is 16.6 Å². The molecule has 10 heteroatoms. The van der Waals surface area contributed by atoms with Gasteiger partial charge in [0.25, 0.3) is 5.91 Å². The number of anilines is 1. The molecule has 1 amide bonds. The monoisotopic (exact) mass is 488 g/mol. The molecule has 0 saturated carbocycles. The van der Waals surface area contributed by atoms with Crippen LogP contribution in [0.5, 0.6) is 0 Å². The summed E-state index contributed by atoms with van der Waals surface area (Å²) in [5, 5.41) is 1.11. The number of imidazole rings is 1. The topological polar surface area (TPSA) is 85.2 Å². The number of aromatic nitrogens is 3. The number of hydrogen-bond donors (Lipinski definition) is 0. The van der Waals surface area contributed by atoms with E-state index in [0.29, 0.717) is 29.7 Å². The van der Waals surface area contributed by atoms with Crippen molar-refractivity contribution in [3.8, 4) is 0 Å². The number of rotatable bonds is 7. The maximum absolute atomic E-state index is 13.5. The van der Waals surface area contributed by atoms with Gasteiger partial charge < -0.3 is 4.57 Å². The van der Waals surface area contributed by atoms with Crippen LogP contribution in [0.3, 0.4) is 0 Å². The van der Waals surface area contributed by atoms with Gasteiger partial charge in [-0.3, -0.25) is 9.69 Å². The Morgan fingerprint density at radius 1 is 1.25 bits per heavy atom. The summed E-state index contributed by atoms with van der Waals surface area (Å²) in [5.41, 5.74) is 2.02. The molecule has 0 fully saturated rings. The summed E-state index contributed by atoms with van der Waals surface area (Å²) in [4.78, 5) is 24.0. The minimum Gasteiger partial charge on any atom is -0.337 e. The van der Waals surface area contributed by atoms with Gasteiger partial charge in [-0.1, -0.05) is 35.1 Å². The zero-order valence-electron chi connectivity index (χ0n) is 17.5. The van der Waals surface area contributed by atoms with Crippen LogP contribution in [0.2, 0.25) is 5.02 Å². The van der Waals surface area contributed by atoms with E-state index in [1.165, 1.54) is 23.5 Å². The summed E-state index contributed by atoms with van der Waals surface area (Å²) in [6, 6.07) is 9.80. The molecule has 2 aromatic heterocycles. The molecule has 0 saturated heterocycles. The van der Waals surface area contributed by atoms with E-state index in [1.54, 1.807) is 29.6 Å². The predicted octanol–water partition coefficient (Wildman–Crippen LogP) is 4.60. The van der Waals surface area contributed by atoms with Gasteiger partial charge in [-0.05, 0) is 43.2 Å². The van der Waals surface area contributed by atoms with Crippen molar-refractivity contribution in [3.05, 3.63) is 71.3 Å². The van der Waals surface area contributed by atoms with Gasteiger partial charge >= 0.3 is 0 Å². The lowest BCUT2D eigenvalue weighted by Gasteiger charge is -2.20. The van der Waals surface area contributed by atoms with E-state index in [9.17, 15) is 13.2 Å². The van der Waals surface area contributed by atoms with Crippen LogP contribution in [0.15, 0.2) is 60.0 Å². The fourth-order valence-corrected chi connectivity index (χ4v) is 5.34. The zero-order chi connectivity index (χ0) is 22.9. The molecule has 2 aromatic carbocycles. The second-order valence-corrected chi connectivity index (χ2v) is 10.8. The smallest absolute Gasteiger partial charge is 0.260 e. The number of carbonyl (C=O) groups excluding carboxylic acids is 1. The van der Waals surface area contributed by atoms with E-state index in [-0.39, 0.29) is 16.4 Å². The minimum absolute atomic E-state index is 0.102. The number of nitrogens with zero attached hydrogens (tertiary/aromatic N) is 4. The largest absolute Gasteiger partial charge is 0.337 e. The van der Waals surface area contributed by atoms with Gasteiger partial charge in [0.2, 0.25) is 0 Å². The Balaban J connectivity index is 1.71. The van der Waals surface area contributed by atoms with E-state index in [2.05, 4.69) is 4.98 Å². The van der Waals surface area contributed by atoms with Crippen molar-refractivity contribution in [1.82, 2.24) is 14.5 Å². The second kappa shape index (κ2) is 9.01. The molecule has 0 aliphatic carbocycles. The van der Waals surface area contributed by atoms with Gasteiger partial charge in [0, 0.05) is 37.3 Å². The highest BCUT2D eigenvalue weighted by molar-refractivity contribution is 7.90. The number of thiazole rings is 1. The van der Waals surface area contributed by atoms with Crippen molar-refractivity contribution in [1.29, 1.82) is 0 Å². The Morgan fingerprint density at radius 3 is 2.75 bits per heavy atom. The van der Waals surface area contributed by atoms with Crippen LogP contribution >= 0.6 is 22.9 Å². The highest BCUT2D eigenvalue weighted by atomic mass is 35.5. The van der Waals surface area contributed by atoms with Gasteiger partial charge in [-0.15, -0.1) is 0 Å². The number of halogens is 1. The predicted molar refractivity (Wildman–Crippen MR) is 127 cm³/mol. The molecule has 0 unspecified atom stereocenters. The summed E-state index contributed by atoms with van der Waals surface area (Å²) in [5.74, 6) is -0.311. The Bertz CT molecular complexity index is 1340. The average Bonchev–Trinajstić information content (AvgIpc) is 3.44. The molecule has 7 nitrogen and oxygen atoms in total. The van der Waals surface area contributed by atoms with Gasteiger partial charge in [0.1, 0.15) is 0 Å². The summed E-state index contributed by atoms with van der Waals surface area (Å²) in [7, 11) is -3.44. The lowest BCUT2D eigenvalue weighted by atomic mass is 10.2. The van der Waals surface area contributed by atoms with Crippen LogP contribution in [0.25, 0.3) is 10.2 Å². The van der Waals surface area contributed by atoms with Crippen molar-refractivity contribution in [2.75, 3.05) is 17.7 Å². The van der Waals surface area contributed by atoms with Gasteiger partial charge in [0.15, 0.2) is 15.0 Å². The van der Waals surface area contributed by atoms with Gasteiger partial charge in [-0.2, -0.15) is 0 Å². The van der Waals surface area contributed by atoms with E-state index in [0.717, 1.165) is 22.0 Å². The second-order valence-electron chi connectivity index (χ2n) is 7.45. The Kier molecular flexibility index (Phi) is 6.32. The van der Waals surface area contributed by atoms with E-state index < -0.39 is 9.84 Å². The fourth-order valence-electron chi connectivity index (χ4n) is 3.34. The first-order valence-electron chi connectivity index (χ1n) is 9.87. The van der Waals surface area contributed by atoms with Crippen LogP contribution in [0.4, 0.5) is 5.13 Å². The summed E-state index contributed by atoms with van der Waals surface area (Å²) in [6.07, 6.45) is 7.08. The highest BCUT2D eigenvalue weighted by Crippen LogP contribution is 2.36. The van der Waals surface area contributed by atoms with Crippen LogP contribution < -0.4 is 4.90 Å². The number of aryl methyl sites for hydroxylation is 2. The third-order valence-electron chi connectivity index (χ3n) is 5.03. The highest BCUT2D eigenvalue weighted by Gasteiger charge is 2.23. The van der Waals surface area contributed by atoms with Crippen LogP contribution in [0.1, 0.15) is 22.3 Å². The molecule has 0 spiro atoms. The maximum Gasteiger partial charge on any atom is 0.260 e. The minimum atomic E-state index is -3.44. The first-order valence-corrected chi connectivity index (χ1v) is 13.0. The normalized spacial score (nSPS) is 11.7. The number of amides is 1. The number of benzene rings is 2. The molecule has 166 valence electrons. The van der Waals surface area contributed by atoms with Crippen molar-refractivity contribution in [3.63, 3.8) is 0 Å². The van der Waals surface area contributed by atoms with Crippen LogP contribution in [-0.2, 0) is 16.4 Å². The van der Waals surface area contributed by atoms with E-state index in [1.807, 2.05) is 29.8 Å². The molecular weight excluding hydrogens is 468 g/mol. The molecule has 0 aliphatic rings. The van der Waals surface area contributed by atoms with Gasteiger partial charge in [-0.25, -0.2) is 18.4 Å². The van der Waals surface area contributed by atoms with Crippen molar-refractivity contribution in [2.45, 2.75) is 24.8 Å². The first-order chi connectivity index (χ1) is 15.2. The van der Waals surface area contributed by atoms with Crippen LogP contribution in [0, 0.1) is 6.92 Å². The van der Waals surface area contributed by atoms with Gasteiger partial charge in [0.05, 0.1) is 26.5 Å². The summed E-state index contributed by atoms with van der Waals surface area (Å²) >= 11 is 7.73. The quantitative estimate of drug-likeness (QED) is 0.379.